The molecule has 0 heterocycles. The molecule has 4 atom stereocenters. The van der Waals surface area contributed by atoms with E-state index in [2.05, 4.69) is 16.0 Å². The summed E-state index contributed by atoms with van der Waals surface area (Å²) < 4.78 is 0. The summed E-state index contributed by atoms with van der Waals surface area (Å²) in [4.78, 5) is 58.0. The van der Waals surface area contributed by atoms with Gasteiger partial charge < -0.3 is 37.0 Å². The first-order valence-electron chi connectivity index (χ1n) is 8.24. The van der Waals surface area contributed by atoms with Crippen molar-refractivity contribution in [2.24, 2.45) is 5.73 Å². The van der Waals surface area contributed by atoms with Gasteiger partial charge in [0, 0.05) is 0 Å². The van der Waals surface area contributed by atoms with Crippen LogP contribution in [0.2, 0.25) is 0 Å². The third kappa shape index (κ3) is 10.1. The van der Waals surface area contributed by atoms with E-state index in [0.717, 1.165) is 0 Å². The van der Waals surface area contributed by atoms with Crippen molar-refractivity contribution in [3.63, 3.8) is 0 Å². The van der Waals surface area contributed by atoms with E-state index in [4.69, 9.17) is 15.9 Å². The van der Waals surface area contributed by atoms with Crippen LogP contribution < -0.4 is 21.7 Å². The van der Waals surface area contributed by atoms with Crippen LogP contribution in [0.4, 0.5) is 0 Å². The first kappa shape index (κ1) is 25.6. The fourth-order valence-electron chi connectivity index (χ4n) is 1.93. The summed E-state index contributed by atoms with van der Waals surface area (Å²) in [6.07, 6.45) is -0.0985. The highest BCUT2D eigenvalue weighted by atomic mass is 32.2. The van der Waals surface area contributed by atoms with Crippen molar-refractivity contribution in [2.75, 3.05) is 18.6 Å². The van der Waals surface area contributed by atoms with Crippen LogP contribution in [0.1, 0.15) is 19.8 Å². The molecule has 0 spiro atoms. The number of amides is 3. The predicted molar refractivity (Wildman–Crippen MR) is 99.4 cm³/mol. The zero-order valence-corrected chi connectivity index (χ0v) is 16.3. The van der Waals surface area contributed by atoms with Gasteiger partial charge in [-0.25, -0.2) is 0 Å². The second kappa shape index (κ2) is 12.9. The van der Waals surface area contributed by atoms with E-state index >= 15 is 0 Å². The monoisotopic (exact) mass is 422 g/mol. The summed E-state index contributed by atoms with van der Waals surface area (Å²) in [5.41, 5.74) is 5.46. The predicted octanol–water partition coefficient (Wildman–Crippen LogP) is -2.91. The Balaban J connectivity index is 5.22. The Morgan fingerprint density at radius 1 is 0.964 bits per heavy atom. The van der Waals surface area contributed by atoms with E-state index in [-0.39, 0.29) is 6.42 Å². The lowest BCUT2D eigenvalue weighted by atomic mass is 10.1. The van der Waals surface area contributed by atoms with Gasteiger partial charge in [-0.05, 0) is 25.4 Å². The van der Waals surface area contributed by atoms with Crippen LogP contribution in [-0.4, -0.2) is 87.8 Å². The molecule has 0 fully saturated rings. The van der Waals surface area contributed by atoms with Crippen LogP contribution in [0.3, 0.4) is 0 Å². The topological polar surface area (TPSA) is 208 Å². The molecule has 13 heteroatoms. The minimum Gasteiger partial charge on any atom is -0.481 e. The normalized spacial score (nSPS) is 14.9. The lowest BCUT2D eigenvalue weighted by Crippen LogP contribution is -2.57. The standard InChI is InChI=1S/C15H26N4O8S/c1-7(20)12(16)15(27)19-9(5-10(21)22)14(26)18-8(3-4-28-2)13(25)17-6-11(23)24/h7-9,12,20H,3-6,16H2,1-2H3,(H,17,25)(H,18,26)(H,19,27)(H,21,22)(H,23,24). The molecule has 0 aliphatic rings. The number of aliphatic hydroxyl groups excluding tert-OH is 1. The summed E-state index contributed by atoms with van der Waals surface area (Å²) in [5.74, 6) is -4.86. The number of thioether (sulfide) groups is 1. The smallest absolute Gasteiger partial charge is 0.322 e. The van der Waals surface area contributed by atoms with Gasteiger partial charge in [0.15, 0.2) is 0 Å². The van der Waals surface area contributed by atoms with Crippen LogP contribution in [0.25, 0.3) is 0 Å². The zero-order valence-electron chi connectivity index (χ0n) is 15.5. The molecule has 0 rings (SSSR count). The minimum atomic E-state index is -1.54. The van der Waals surface area contributed by atoms with Gasteiger partial charge in [0.1, 0.15) is 24.7 Å². The minimum absolute atomic E-state index is 0.152. The lowest BCUT2D eigenvalue weighted by Gasteiger charge is -2.23. The van der Waals surface area contributed by atoms with Crippen molar-refractivity contribution in [3.8, 4) is 0 Å². The zero-order chi connectivity index (χ0) is 21.9. The quantitative estimate of drug-likeness (QED) is 0.161. The Morgan fingerprint density at radius 2 is 1.54 bits per heavy atom. The molecule has 0 aliphatic heterocycles. The number of nitrogens with two attached hydrogens (primary N) is 1. The molecule has 12 nitrogen and oxygen atoms in total. The number of carbonyl (C=O) groups excluding carboxylic acids is 3. The molecule has 0 bridgehead atoms. The van der Waals surface area contributed by atoms with Gasteiger partial charge in [0.25, 0.3) is 0 Å². The second-order valence-corrected chi connectivity index (χ2v) is 6.87. The molecular weight excluding hydrogens is 396 g/mol. The summed E-state index contributed by atoms with van der Waals surface area (Å²) in [6.45, 7) is 0.602. The van der Waals surface area contributed by atoms with Gasteiger partial charge in [-0.2, -0.15) is 11.8 Å². The number of aliphatic carboxylic acids is 2. The highest BCUT2D eigenvalue weighted by Crippen LogP contribution is 2.03. The van der Waals surface area contributed by atoms with Crippen molar-refractivity contribution in [1.82, 2.24) is 16.0 Å². The molecule has 8 N–H and O–H groups in total. The van der Waals surface area contributed by atoms with Crippen LogP contribution in [0.15, 0.2) is 0 Å². The van der Waals surface area contributed by atoms with E-state index in [1.54, 1.807) is 6.26 Å². The fourth-order valence-corrected chi connectivity index (χ4v) is 2.41. The number of rotatable bonds is 13. The van der Waals surface area contributed by atoms with Gasteiger partial charge in [0.2, 0.25) is 17.7 Å². The summed E-state index contributed by atoms with van der Waals surface area (Å²) >= 11 is 1.38. The summed E-state index contributed by atoms with van der Waals surface area (Å²) in [5, 5.41) is 33.5. The van der Waals surface area contributed by atoms with Gasteiger partial charge in [0.05, 0.1) is 12.5 Å². The molecule has 28 heavy (non-hydrogen) atoms. The molecule has 0 radical (unpaired) electrons. The molecule has 160 valence electrons. The molecule has 0 saturated carbocycles. The Morgan fingerprint density at radius 3 is 2.00 bits per heavy atom. The number of nitrogens with one attached hydrogen (secondary N) is 3. The number of hydrogen-bond donors (Lipinski definition) is 7. The third-order valence-electron chi connectivity index (χ3n) is 3.49. The van der Waals surface area contributed by atoms with Gasteiger partial charge in [-0.1, -0.05) is 0 Å². The maximum atomic E-state index is 12.4. The highest BCUT2D eigenvalue weighted by molar-refractivity contribution is 7.98. The van der Waals surface area contributed by atoms with Crippen molar-refractivity contribution in [3.05, 3.63) is 0 Å². The van der Waals surface area contributed by atoms with Crippen LogP contribution in [0.5, 0.6) is 0 Å². The first-order valence-corrected chi connectivity index (χ1v) is 9.63. The molecule has 4 unspecified atom stereocenters. The molecule has 3 amide bonds. The van der Waals surface area contributed by atoms with Crippen molar-refractivity contribution in [2.45, 2.75) is 44.0 Å². The van der Waals surface area contributed by atoms with Crippen LogP contribution >= 0.6 is 11.8 Å². The largest absolute Gasteiger partial charge is 0.481 e. The fraction of sp³-hybridized carbons (Fsp3) is 0.667. The van der Waals surface area contributed by atoms with Crippen molar-refractivity contribution in [1.29, 1.82) is 0 Å². The van der Waals surface area contributed by atoms with Gasteiger partial charge in [-0.15, -0.1) is 0 Å². The molecule has 0 saturated heterocycles. The maximum absolute atomic E-state index is 12.4. The van der Waals surface area contributed by atoms with Crippen LogP contribution in [-0.2, 0) is 24.0 Å². The number of aliphatic hydroxyl groups is 1. The number of carboxylic acids is 2. The molecule has 0 aromatic rings. The lowest BCUT2D eigenvalue weighted by molar-refractivity contribution is -0.141. The van der Waals surface area contributed by atoms with E-state index in [0.29, 0.717) is 5.75 Å². The third-order valence-corrected chi connectivity index (χ3v) is 4.14. The van der Waals surface area contributed by atoms with E-state index in [1.165, 1.54) is 18.7 Å². The van der Waals surface area contributed by atoms with Crippen molar-refractivity contribution < 1.29 is 39.3 Å². The number of carbonyl (C=O) groups is 5. The average Bonchev–Trinajstić information content (AvgIpc) is 2.60. The summed E-state index contributed by atoms with van der Waals surface area (Å²) in [6, 6.07) is -4.05. The molecule has 0 aromatic heterocycles. The number of carboxylic acid groups (broad SMARTS) is 2. The Hall–Kier alpha value is -2.38. The average molecular weight is 422 g/mol. The first-order chi connectivity index (χ1) is 13.0. The van der Waals surface area contributed by atoms with Crippen molar-refractivity contribution >= 4 is 41.4 Å². The molecule has 0 aliphatic carbocycles. The second-order valence-electron chi connectivity index (χ2n) is 5.88. The summed E-state index contributed by atoms with van der Waals surface area (Å²) in [7, 11) is 0. The van der Waals surface area contributed by atoms with E-state index in [1.807, 2.05) is 0 Å². The SMILES string of the molecule is CSCCC(NC(=O)C(CC(=O)O)NC(=O)C(N)C(C)O)C(=O)NCC(=O)O. The Kier molecular flexibility index (Phi) is 11.8. The van der Waals surface area contributed by atoms with E-state index < -0.39 is 66.9 Å². The Labute approximate surface area is 165 Å². The van der Waals surface area contributed by atoms with E-state index in [9.17, 15) is 29.1 Å². The Bertz CT molecular complexity index is 586. The molecule has 0 aromatic carbocycles. The maximum Gasteiger partial charge on any atom is 0.322 e. The van der Waals surface area contributed by atoms with Gasteiger partial charge >= 0.3 is 11.9 Å². The number of hydrogen-bond acceptors (Lipinski definition) is 8. The van der Waals surface area contributed by atoms with Crippen LogP contribution in [0, 0.1) is 0 Å². The van der Waals surface area contributed by atoms with Gasteiger partial charge in [-0.3, -0.25) is 24.0 Å². The highest BCUT2D eigenvalue weighted by Gasteiger charge is 2.30. The molecular formula is C15H26N4O8S.